The van der Waals surface area contributed by atoms with Crippen LogP contribution in [0.25, 0.3) is 10.3 Å². The van der Waals surface area contributed by atoms with Crippen LogP contribution in [0.5, 0.6) is 0 Å². The van der Waals surface area contributed by atoms with Crippen molar-refractivity contribution in [3.63, 3.8) is 0 Å². The summed E-state index contributed by atoms with van der Waals surface area (Å²) in [5, 5.41) is 3.22. The van der Waals surface area contributed by atoms with Gasteiger partial charge in [0, 0.05) is 0 Å². The van der Waals surface area contributed by atoms with Crippen LogP contribution in [0.1, 0.15) is 34.6 Å². The Labute approximate surface area is 144 Å². The van der Waals surface area contributed by atoms with Gasteiger partial charge in [-0.1, -0.05) is 25.6 Å². The number of nitrogens with one attached hydrogen (secondary N) is 1. The molecular weight excluding hydrogens is 332 g/mol. The molecule has 2 rings (SSSR count). The molecular formula is C15H22N4O2S2. The van der Waals surface area contributed by atoms with Gasteiger partial charge in [0.25, 0.3) is 0 Å². The first-order valence-corrected chi connectivity index (χ1v) is 9.40. The van der Waals surface area contributed by atoms with E-state index in [9.17, 15) is 4.79 Å². The standard InChI is InChI=1S/C15H22N4O2S2/c1-8(2)9(13(20)21-15(3,4)5)18-11-10-12(17-7-16-11)19-14(22-6)23-10/h7-9H,1-6H3,(H,16,17,18)/t9-/m1/s1. The number of carbonyl (C=O) groups excluding carboxylic acids is 1. The minimum absolute atomic E-state index is 0.0582. The normalized spacial score (nSPS) is 13.3. The van der Waals surface area contributed by atoms with Crippen molar-refractivity contribution in [2.45, 2.75) is 50.6 Å². The van der Waals surface area contributed by atoms with Gasteiger partial charge in [-0.3, -0.25) is 0 Å². The minimum atomic E-state index is -0.524. The number of aromatic nitrogens is 3. The third kappa shape index (κ3) is 4.54. The zero-order valence-corrected chi connectivity index (χ0v) is 15.8. The first-order valence-electron chi connectivity index (χ1n) is 7.36. The van der Waals surface area contributed by atoms with Gasteiger partial charge in [0.05, 0.1) is 0 Å². The number of thioether (sulfide) groups is 1. The van der Waals surface area contributed by atoms with Crippen LogP contribution in [-0.2, 0) is 9.53 Å². The van der Waals surface area contributed by atoms with E-state index in [2.05, 4.69) is 20.3 Å². The van der Waals surface area contributed by atoms with Gasteiger partial charge in [-0.2, -0.15) is 0 Å². The number of ether oxygens (including phenoxy) is 1. The molecule has 0 aliphatic carbocycles. The number of esters is 1. The molecule has 1 N–H and O–H groups in total. The first kappa shape index (κ1) is 17.9. The molecule has 0 amide bonds. The number of hydrogen-bond donors (Lipinski definition) is 1. The molecule has 0 saturated carbocycles. The molecule has 6 nitrogen and oxygen atoms in total. The number of rotatable bonds is 5. The van der Waals surface area contributed by atoms with Gasteiger partial charge >= 0.3 is 5.97 Å². The second kappa shape index (κ2) is 7.00. The van der Waals surface area contributed by atoms with Crippen LogP contribution < -0.4 is 5.32 Å². The predicted octanol–water partition coefficient (Wildman–Crippen LogP) is 3.59. The third-order valence-corrected chi connectivity index (χ3v) is 5.00. The fourth-order valence-electron chi connectivity index (χ4n) is 1.94. The summed E-state index contributed by atoms with van der Waals surface area (Å²) < 4.78 is 7.28. The van der Waals surface area contributed by atoms with Gasteiger partial charge in [0.1, 0.15) is 28.5 Å². The van der Waals surface area contributed by atoms with Crippen molar-refractivity contribution in [3.05, 3.63) is 6.33 Å². The summed E-state index contributed by atoms with van der Waals surface area (Å²) in [6, 6.07) is -0.479. The summed E-state index contributed by atoms with van der Waals surface area (Å²) in [6.07, 6.45) is 3.43. The molecule has 0 fully saturated rings. The summed E-state index contributed by atoms with van der Waals surface area (Å²) in [6.45, 7) is 9.53. The number of anilines is 1. The van der Waals surface area contributed by atoms with Crippen molar-refractivity contribution in [1.29, 1.82) is 0 Å². The van der Waals surface area contributed by atoms with E-state index in [0.29, 0.717) is 11.5 Å². The van der Waals surface area contributed by atoms with Gasteiger partial charge in [-0.25, -0.2) is 19.7 Å². The summed E-state index contributed by atoms with van der Waals surface area (Å²) >= 11 is 3.08. The molecule has 0 aromatic carbocycles. The Hall–Kier alpha value is -1.41. The Morgan fingerprint density at radius 1 is 1.35 bits per heavy atom. The van der Waals surface area contributed by atoms with Crippen LogP contribution in [0.2, 0.25) is 0 Å². The minimum Gasteiger partial charge on any atom is -0.458 e. The molecule has 0 aliphatic heterocycles. The monoisotopic (exact) mass is 354 g/mol. The second-order valence-electron chi connectivity index (χ2n) is 6.46. The molecule has 0 radical (unpaired) electrons. The zero-order valence-electron chi connectivity index (χ0n) is 14.2. The molecule has 8 heteroatoms. The van der Waals surface area contributed by atoms with Gasteiger partial charge in [-0.15, -0.1) is 11.3 Å². The van der Waals surface area contributed by atoms with E-state index in [1.165, 1.54) is 17.7 Å². The average Bonchev–Trinajstić information content (AvgIpc) is 2.86. The lowest BCUT2D eigenvalue weighted by Gasteiger charge is -2.26. The largest absolute Gasteiger partial charge is 0.458 e. The van der Waals surface area contributed by atoms with Gasteiger partial charge in [-0.05, 0) is 32.9 Å². The fourth-order valence-corrected chi connectivity index (χ4v) is 3.40. The van der Waals surface area contributed by atoms with E-state index in [-0.39, 0.29) is 11.9 Å². The van der Waals surface area contributed by atoms with Crippen LogP contribution in [0.3, 0.4) is 0 Å². The SMILES string of the molecule is CSc1nc2ncnc(N[C@@H](C(=O)OC(C)(C)C)C(C)C)c2s1. The van der Waals surface area contributed by atoms with Crippen molar-refractivity contribution in [2.75, 3.05) is 11.6 Å². The van der Waals surface area contributed by atoms with Crippen LogP contribution in [0.4, 0.5) is 5.82 Å². The van der Waals surface area contributed by atoms with Gasteiger partial charge in [0.2, 0.25) is 0 Å². The van der Waals surface area contributed by atoms with Crippen LogP contribution >= 0.6 is 23.1 Å². The Kier molecular flexibility index (Phi) is 5.46. The first-order chi connectivity index (χ1) is 10.7. The molecule has 0 aliphatic rings. The Morgan fingerprint density at radius 3 is 2.61 bits per heavy atom. The maximum Gasteiger partial charge on any atom is 0.329 e. The van der Waals surface area contributed by atoms with Crippen molar-refractivity contribution in [2.24, 2.45) is 5.92 Å². The molecule has 2 aromatic heterocycles. The number of nitrogens with zero attached hydrogens (tertiary/aromatic N) is 3. The lowest BCUT2D eigenvalue weighted by Crippen LogP contribution is -2.40. The van der Waals surface area contributed by atoms with E-state index in [4.69, 9.17) is 4.74 Å². The topological polar surface area (TPSA) is 77.0 Å². The molecule has 23 heavy (non-hydrogen) atoms. The molecule has 0 unspecified atom stereocenters. The highest BCUT2D eigenvalue weighted by atomic mass is 32.2. The predicted molar refractivity (Wildman–Crippen MR) is 95.1 cm³/mol. The highest BCUT2D eigenvalue weighted by Crippen LogP contribution is 2.31. The number of carbonyl (C=O) groups is 1. The van der Waals surface area contributed by atoms with E-state index in [1.807, 2.05) is 40.9 Å². The van der Waals surface area contributed by atoms with Gasteiger partial charge in [0.15, 0.2) is 9.99 Å². The average molecular weight is 355 g/mol. The molecule has 2 heterocycles. The van der Waals surface area contributed by atoms with Crippen LogP contribution in [0.15, 0.2) is 10.7 Å². The maximum atomic E-state index is 12.5. The zero-order chi connectivity index (χ0) is 17.2. The third-order valence-electron chi connectivity index (χ3n) is 2.97. The summed E-state index contributed by atoms with van der Waals surface area (Å²) in [5.74, 6) is 0.397. The fraction of sp³-hybridized carbons (Fsp3) is 0.600. The quantitative estimate of drug-likeness (QED) is 0.649. The van der Waals surface area contributed by atoms with E-state index >= 15 is 0 Å². The summed E-state index contributed by atoms with van der Waals surface area (Å²) in [4.78, 5) is 25.4. The lowest BCUT2D eigenvalue weighted by atomic mass is 10.0. The molecule has 126 valence electrons. The number of hydrogen-bond acceptors (Lipinski definition) is 8. The Balaban J connectivity index is 2.30. The second-order valence-corrected chi connectivity index (χ2v) is 8.51. The van der Waals surface area contributed by atoms with Crippen molar-refractivity contribution in [3.8, 4) is 0 Å². The smallest absolute Gasteiger partial charge is 0.329 e. The Bertz CT molecular complexity index is 694. The van der Waals surface area contributed by atoms with Gasteiger partial charge < -0.3 is 10.1 Å². The number of fused-ring (bicyclic) bond motifs is 1. The van der Waals surface area contributed by atoms with E-state index in [1.54, 1.807) is 11.8 Å². The molecule has 0 spiro atoms. The van der Waals surface area contributed by atoms with Crippen molar-refractivity contribution < 1.29 is 9.53 Å². The molecule has 2 aromatic rings. The van der Waals surface area contributed by atoms with Crippen LogP contribution in [0, 0.1) is 5.92 Å². The van der Waals surface area contributed by atoms with Crippen molar-refractivity contribution >= 4 is 45.2 Å². The molecule has 0 saturated heterocycles. The van der Waals surface area contributed by atoms with Crippen LogP contribution in [-0.4, -0.2) is 38.8 Å². The lowest BCUT2D eigenvalue weighted by molar-refractivity contribution is -0.156. The molecule has 0 bridgehead atoms. The number of thiazole rings is 1. The van der Waals surface area contributed by atoms with Crippen molar-refractivity contribution in [1.82, 2.24) is 15.0 Å². The highest BCUT2D eigenvalue weighted by molar-refractivity contribution is 8.00. The Morgan fingerprint density at radius 2 is 2.04 bits per heavy atom. The van der Waals surface area contributed by atoms with E-state index < -0.39 is 11.6 Å². The molecule has 1 atom stereocenters. The van der Waals surface area contributed by atoms with E-state index in [0.717, 1.165) is 9.04 Å². The summed E-state index contributed by atoms with van der Waals surface area (Å²) in [5.41, 5.74) is 0.118. The summed E-state index contributed by atoms with van der Waals surface area (Å²) in [7, 11) is 0. The highest BCUT2D eigenvalue weighted by Gasteiger charge is 2.29. The maximum absolute atomic E-state index is 12.5.